The summed E-state index contributed by atoms with van der Waals surface area (Å²) in [7, 11) is 0. The number of nitrogens with zero attached hydrogens (tertiary/aromatic N) is 2. The Morgan fingerprint density at radius 2 is 1.92 bits per heavy atom. The molecule has 2 aromatic carbocycles. The second kappa shape index (κ2) is 5.78. The molecule has 0 radical (unpaired) electrons. The predicted molar refractivity (Wildman–Crippen MR) is 92.2 cm³/mol. The molecule has 2 heterocycles. The highest BCUT2D eigenvalue weighted by Gasteiger charge is 2.16. The topological polar surface area (TPSA) is 68.3 Å². The molecule has 24 heavy (non-hydrogen) atoms. The Kier molecular flexibility index (Phi) is 3.59. The van der Waals surface area contributed by atoms with Gasteiger partial charge in [-0.15, -0.1) is 0 Å². The summed E-state index contributed by atoms with van der Waals surface area (Å²) in [6, 6.07) is 14.3. The van der Waals surface area contributed by atoms with Gasteiger partial charge in [-0.2, -0.15) is 0 Å². The van der Waals surface area contributed by atoms with E-state index in [1.807, 2.05) is 18.2 Å². The molecule has 0 aliphatic heterocycles. The van der Waals surface area contributed by atoms with Gasteiger partial charge in [-0.25, -0.2) is 4.98 Å². The van der Waals surface area contributed by atoms with Gasteiger partial charge < -0.3 is 9.52 Å². The molecule has 0 spiro atoms. The molecule has 0 saturated heterocycles. The number of halogens is 1. The van der Waals surface area contributed by atoms with E-state index in [2.05, 4.69) is 4.98 Å². The Labute approximate surface area is 141 Å². The molecule has 0 bridgehead atoms. The fourth-order valence-corrected chi connectivity index (χ4v) is 3.04. The summed E-state index contributed by atoms with van der Waals surface area (Å²) < 4.78 is 6.96. The third-order valence-electron chi connectivity index (χ3n) is 3.98. The highest BCUT2D eigenvalue weighted by Crippen LogP contribution is 2.26. The molecule has 0 saturated carbocycles. The van der Waals surface area contributed by atoms with Crippen molar-refractivity contribution in [1.82, 2.24) is 9.55 Å². The van der Waals surface area contributed by atoms with Gasteiger partial charge in [-0.05, 0) is 18.2 Å². The average molecular weight is 341 g/mol. The van der Waals surface area contributed by atoms with E-state index in [0.717, 1.165) is 5.39 Å². The maximum Gasteiger partial charge on any atom is 0.297 e. The van der Waals surface area contributed by atoms with Gasteiger partial charge in [0.15, 0.2) is 0 Å². The van der Waals surface area contributed by atoms with E-state index < -0.39 is 6.10 Å². The average Bonchev–Trinajstić information content (AvgIpc) is 2.97. The minimum atomic E-state index is -0.917. The largest absolute Gasteiger partial charge is 0.448 e. The third-order valence-corrected chi connectivity index (χ3v) is 4.33. The fraction of sp³-hybridized carbons (Fsp3) is 0.111. The lowest BCUT2D eigenvalue weighted by atomic mass is 10.1. The van der Waals surface area contributed by atoms with Gasteiger partial charge in [0.2, 0.25) is 5.58 Å². The van der Waals surface area contributed by atoms with Crippen molar-refractivity contribution in [2.24, 2.45) is 0 Å². The van der Waals surface area contributed by atoms with Crippen LogP contribution in [0.1, 0.15) is 11.7 Å². The molecule has 4 rings (SSSR count). The van der Waals surface area contributed by atoms with Crippen LogP contribution in [-0.4, -0.2) is 14.7 Å². The quantitative estimate of drug-likeness (QED) is 0.619. The summed E-state index contributed by atoms with van der Waals surface area (Å²) in [6.45, 7) is 0.0442. The molecule has 0 fully saturated rings. The van der Waals surface area contributed by atoms with E-state index in [-0.39, 0.29) is 17.7 Å². The SMILES string of the molecule is O=c1c2oc3ccccc3c2ncn1CC(O)c1ccccc1Cl. The summed E-state index contributed by atoms with van der Waals surface area (Å²) in [5.74, 6) is 0. The maximum atomic E-state index is 12.6. The minimum Gasteiger partial charge on any atom is -0.448 e. The van der Waals surface area contributed by atoms with Gasteiger partial charge in [-0.3, -0.25) is 9.36 Å². The van der Waals surface area contributed by atoms with Crippen LogP contribution < -0.4 is 5.56 Å². The Hall–Kier alpha value is -2.63. The van der Waals surface area contributed by atoms with Crippen molar-refractivity contribution in [3.8, 4) is 0 Å². The molecule has 0 aliphatic carbocycles. The van der Waals surface area contributed by atoms with Crippen LogP contribution in [0.15, 0.2) is 64.1 Å². The molecule has 1 unspecified atom stereocenters. The number of benzene rings is 2. The van der Waals surface area contributed by atoms with Crippen LogP contribution in [0.5, 0.6) is 0 Å². The van der Waals surface area contributed by atoms with Gasteiger partial charge in [0.25, 0.3) is 5.56 Å². The first-order valence-electron chi connectivity index (χ1n) is 7.44. The molecule has 6 heteroatoms. The lowest BCUT2D eigenvalue weighted by Crippen LogP contribution is -2.23. The van der Waals surface area contributed by atoms with E-state index in [9.17, 15) is 9.90 Å². The van der Waals surface area contributed by atoms with Crippen molar-refractivity contribution in [2.45, 2.75) is 12.6 Å². The van der Waals surface area contributed by atoms with Gasteiger partial charge >= 0.3 is 0 Å². The molecule has 2 aromatic heterocycles. The summed E-state index contributed by atoms with van der Waals surface area (Å²) in [6.07, 6.45) is 0.507. The summed E-state index contributed by atoms with van der Waals surface area (Å²) in [4.78, 5) is 17.0. The second-order valence-electron chi connectivity index (χ2n) is 5.52. The first kappa shape index (κ1) is 14.9. The summed E-state index contributed by atoms with van der Waals surface area (Å²) in [5, 5.41) is 11.6. The number of hydrogen-bond acceptors (Lipinski definition) is 4. The predicted octanol–water partition coefficient (Wildman–Crippen LogP) is 3.53. The monoisotopic (exact) mass is 340 g/mol. The lowest BCUT2D eigenvalue weighted by Gasteiger charge is -2.13. The van der Waals surface area contributed by atoms with Crippen LogP contribution in [0.2, 0.25) is 5.02 Å². The van der Waals surface area contributed by atoms with Crippen molar-refractivity contribution in [3.63, 3.8) is 0 Å². The van der Waals surface area contributed by atoms with E-state index in [4.69, 9.17) is 16.0 Å². The molecule has 1 N–H and O–H groups in total. The highest BCUT2D eigenvalue weighted by molar-refractivity contribution is 6.31. The van der Waals surface area contributed by atoms with Gasteiger partial charge in [-0.1, -0.05) is 41.9 Å². The lowest BCUT2D eigenvalue weighted by molar-refractivity contribution is 0.155. The number of hydrogen-bond donors (Lipinski definition) is 1. The summed E-state index contributed by atoms with van der Waals surface area (Å²) >= 11 is 6.09. The Morgan fingerprint density at radius 1 is 1.17 bits per heavy atom. The van der Waals surface area contributed by atoms with E-state index in [1.165, 1.54) is 10.9 Å². The van der Waals surface area contributed by atoms with Crippen molar-refractivity contribution < 1.29 is 9.52 Å². The number of furan rings is 1. The second-order valence-corrected chi connectivity index (χ2v) is 5.92. The Bertz CT molecular complexity index is 1100. The molecule has 5 nitrogen and oxygen atoms in total. The van der Waals surface area contributed by atoms with Gasteiger partial charge in [0.1, 0.15) is 11.1 Å². The standard InChI is InChI=1S/C18H13ClN2O3/c19-13-7-3-1-5-11(13)14(22)9-21-10-20-16-12-6-2-4-8-15(12)24-17(16)18(21)23/h1-8,10,14,22H,9H2. The summed E-state index contributed by atoms with van der Waals surface area (Å²) in [5.41, 5.74) is 1.56. The van der Waals surface area contributed by atoms with E-state index >= 15 is 0 Å². The minimum absolute atomic E-state index is 0.0442. The molecule has 0 amide bonds. The number of aliphatic hydroxyl groups excluding tert-OH is 1. The highest BCUT2D eigenvalue weighted by atomic mass is 35.5. The third kappa shape index (κ3) is 2.38. The van der Waals surface area contributed by atoms with Crippen molar-refractivity contribution in [2.75, 3.05) is 0 Å². The van der Waals surface area contributed by atoms with E-state index in [0.29, 0.717) is 21.7 Å². The van der Waals surface area contributed by atoms with Crippen LogP contribution in [0.4, 0.5) is 0 Å². The number of para-hydroxylation sites is 1. The molecule has 4 aromatic rings. The number of aliphatic hydroxyl groups is 1. The first-order valence-corrected chi connectivity index (χ1v) is 7.82. The number of aromatic nitrogens is 2. The molecule has 1 atom stereocenters. The van der Waals surface area contributed by atoms with Crippen LogP contribution in [-0.2, 0) is 6.54 Å². The molecule has 0 aliphatic rings. The van der Waals surface area contributed by atoms with Crippen molar-refractivity contribution in [1.29, 1.82) is 0 Å². The Balaban J connectivity index is 1.78. The molecular formula is C18H13ClN2O3. The van der Waals surface area contributed by atoms with Crippen molar-refractivity contribution >= 4 is 33.7 Å². The Morgan fingerprint density at radius 3 is 2.75 bits per heavy atom. The zero-order chi connectivity index (χ0) is 16.7. The zero-order valence-electron chi connectivity index (χ0n) is 12.5. The maximum absolute atomic E-state index is 12.6. The zero-order valence-corrected chi connectivity index (χ0v) is 13.3. The van der Waals surface area contributed by atoms with Crippen LogP contribution >= 0.6 is 11.6 Å². The van der Waals surface area contributed by atoms with Crippen molar-refractivity contribution in [3.05, 3.63) is 75.8 Å². The van der Waals surface area contributed by atoms with Crippen LogP contribution in [0.25, 0.3) is 22.1 Å². The molecular weight excluding hydrogens is 328 g/mol. The van der Waals surface area contributed by atoms with Crippen LogP contribution in [0, 0.1) is 0 Å². The number of rotatable bonds is 3. The fourth-order valence-electron chi connectivity index (χ4n) is 2.78. The van der Waals surface area contributed by atoms with Crippen LogP contribution in [0.3, 0.4) is 0 Å². The first-order chi connectivity index (χ1) is 11.6. The van der Waals surface area contributed by atoms with E-state index in [1.54, 1.807) is 30.3 Å². The van der Waals surface area contributed by atoms with Gasteiger partial charge in [0.05, 0.1) is 19.0 Å². The smallest absolute Gasteiger partial charge is 0.297 e. The van der Waals surface area contributed by atoms with Gasteiger partial charge in [0, 0.05) is 16.0 Å². The normalized spacial score (nSPS) is 12.8. The number of fused-ring (bicyclic) bond motifs is 3. The molecule has 120 valence electrons.